The molecule has 0 spiro atoms. The SMILES string of the molecule is CC(C)(C)c1cc(C=N[C@@H]2CCCC[C@H]2N=Cc2cc(C(C)(C)C)cc(C(C)(C)C)c2O)c(O)c(C(C)(C)C)c1.I.I.[Sn]. The molecule has 0 bridgehead atoms. The van der Waals surface area contributed by atoms with Crippen LogP contribution in [0.15, 0.2) is 34.3 Å². The fourth-order valence-electron chi connectivity index (χ4n) is 5.31. The van der Waals surface area contributed by atoms with Crippen molar-refractivity contribution in [2.24, 2.45) is 9.98 Å². The summed E-state index contributed by atoms with van der Waals surface area (Å²) in [6, 6.07) is 8.53. The van der Waals surface area contributed by atoms with E-state index in [1.54, 1.807) is 0 Å². The summed E-state index contributed by atoms with van der Waals surface area (Å²) >= 11 is 0. The number of benzene rings is 2. The van der Waals surface area contributed by atoms with Crippen LogP contribution in [-0.2, 0) is 21.7 Å². The molecule has 43 heavy (non-hydrogen) atoms. The van der Waals surface area contributed by atoms with E-state index in [4.69, 9.17) is 9.98 Å². The smallest absolute Gasteiger partial charge is 0.128 e. The third kappa shape index (κ3) is 11.1. The molecule has 4 radical (unpaired) electrons. The van der Waals surface area contributed by atoms with Crippen LogP contribution in [0.3, 0.4) is 0 Å². The predicted molar refractivity (Wildman–Crippen MR) is 209 cm³/mol. The Hall–Kier alpha value is -0.361. The number of aromatic hydroxyl groups is 2. The maximum atomic E-state index is 11.2. The molecule has 0 heterocycles. The molecular weight excluding hydrogens is 865 g/mol. The number of rotatable bonds is 4. The van der Waals surface area contributed by atoms with Crippen molar-refractivity contribution in [3.8, 4) is 11.5 Å². The van der Waals surface area contributed by atoms with Gasteiger partial charge < -0.3 is 10.2 Å². The Bertz CT molecular complexity index is 1180. The van der Waals surface area contributed by atoms with E-state index in [-0.39, 0.29) is 106 Å². The van der Waals surface area contributed by atoms with Gasteiger partial charge in [-0.2, -0.15) is 0 Å². The second kappa shape index (κ2) is 16.0. The number of hydrogen-bond donors (Lipinski definition) is 2. The molecule has 0 aliphatic heterocycles. The van der Waals surface area contributed by atoms with E-state index >= 15 is 0 Å². The number of phenolic OH excluding ortho intramolecular Hbond substituents is 2. The molecule has 1 fully saturated rings. The molecule has 0 saturated heterocycles. The molecule has 4 nitrogen and oxygen atoms in total. The van der Waals surface area contributed by atoms with E-state index in [2.05, 4.69) is 107 Å². The van der Waals surface area contributed by atoms with Crippen molar-refractivity contribution in [1.29, 1.82) is 0 Å². The number of aliphatic imine (C=N–C) groups is 2. The Morgan fingerprint density at radius 2 is 0.860 bits per heavy atom. The van der Waals surface area contributed by atoms with Crippen LogP contribution in [0.1, 0.15) is 142 Å². The molecule has 0 aromatic heterocycles. The Labute approximate surface area is 313 Å². The maximum absolute atomic E-state index is 11.2. The Morgan fingerprint density at radius 3 is 1.12 bits per heavy atom. The molecule has 0 unspecified atom stereocenters. The first-order valence-corrected chi connectivity index (χ1v) is 15.0. The van der Waals surface area contributed by atoms with Gasteiger partial charge in [-0.25, -0.2) is 0 Å². The molecule has 0 amide bonds. The molecule has 1 aliphatic carbocycles. The van der Waals surface area contributed by atoms with Gasteiger partial charge in [-0.1, -0.05) is 108 Å². The molecule has 7 heteroatoms. The van der Waals surface area contributed by atoms with Crippen molar-refractivity contribution >= 4 is 84.3 Å². The summed E-state index contributed by atoms with van der Waals surface area (Å²) in [4.78, 5) is 10.1. The molecule has 2 N–H and O–H groups in total. The quantitative estimate of drug-likeness (QED) is 0.182. The predicted octanol–water partition coefficient (Wildman–Crippen LogP) is 9.99. The molecule has 1 aliphatic rings. The van der Waals surface area contributed by atoms with Gasteiger partial charge in [0.15, 0.2) is 0 Å². The van der Waals surface area contributed by atoms with Crippen molar-refractivity contribution in [1.82, 2.24) is 0 Å². The second-order valence-electron chi connectivity index (χ2n) is 15.9. The third-order valence-electron chi connectivity index (χ3n) is 8.13. The first-order valence-electron chi connectivity index (χ1n) is 15.0. The molecule has 2 aromatic carbocycles. The van der Waals surface area contributed by atoms with Crippen molar-refractivity contribution < 1.29 is 10.2 Å². The summed E-state index contributed by atoms with van der Waals surface area (Å²) in [6.45, 7) is 26.0. The number of halogens is 2. The van der Waals surface area contributed by atoms with Crippen molar-refractivity contribution in [2.75, 3.05) is 0 Å². The van der Waals surface area contributed by atoms with E-state index in [1.807, 2.05) is 12.4 Å². The molecule has 1 saturated carbocycles. The summed E-state index contributed by atoms with van der Waals surface area (Å²) in [6.07, 6.45) is 7.90. The van der Waals surface area contributed by atoms with Crippen LogP contribution in [0, 0.1) is 0 Å². The fraction of sp³-hybridized carbons (Fsp3) is 0.611. The van der Waals surface area contributed by atoms with E-state index in [1.165, 1.54) is 11.1 Å². The van der Waals surface area contributed by atoms with Crippen LogP contribution in [0.25, 0.3) is 0 Å². The van der Waals surface area contributed by atoms with E-state index < -0.39 is 0 Å². The minimum Gasteiger partial charge on any atom is -0.507 e. The van der Waals surface area contributed by atoms with Gasteiger partial charge >= 0.3 is 0 Å². The Balaban J connectivity index is 0.00000588. The van der Waals surface area contributed by atoms with Crippen molar-refractivity contribution in [3.05, 3.63) is 57.6 Å². The average Bonchev–Trinajstić information content (AvgIpc) is 2.80. The summed E-state index contributed by atoms with van der Waals surface area (Å²) < 4.78 is 0. The minimum atomic E-state index is -0.179. The van der Waals surface area contributed by atoms with Crippen LogP contribution in [-0.4, -0.2) is 58.6 Å². The van der Waals surface area contributed by atoms with Gasteiger partial charge in [0.1, 0.15) is 11.5 Å². The summed E-state index contributed by atoms with van der Waals surface area (Å²) in [5.41, 5.74) is 5.39. The molecule has 3 rings (SSSR count). The monoisotopic (exact) mass is 922 g/mol. The van der Waals surface area contributed by atoms with Crippen LogP contribution in [0.2, 0.25) is 0 Å². The van der Waals surface area contributed by atoms with Crippen LogP contribution < -0.4 is 0 Å². The Kier molecular flexibility index (Phi) is 15.8. The van der Waals surface area contributed by atoms with Gasteiger partial charge in [0.2, 0.25) is 0 Å². The van der Waals surface area contributed by atoms with Crippen molar-refractivity contribution in [3.63, 3.8) is 0 Å². The molecule has 2 atom stereocenters. The zero-order chi connectivity index (χ0) is 30.3. The van der Waals surface area contributed by atoms with E-state index in [0.29, 0.717) is 11.5 Å². The standard InChI is InChI=1S/C36H54N2O2.2HI.Sn/c1-33(2,3)25-17-23(31(39)27(19-25)35(7,8)9)21-37-29-15-13-14-16-30(29)38-22-24-18-26(34(4,5)6)20-28(32(24)40)36(10,11)12;;;/h17-22,29-30,39-40H,13-16H2,1-12H3;2*1H;/t29-,30-;;;/m1.../s1. The van der Waals surface area contributed by atoms with Gasteiger partial charge in [0.05, 0.1) is 12.1 Å². The normalized spacial score (nSPS) is 18.2. The van der Waals surface area contributed by atoms with Gasteiger partial charge in [-0.15, -0.1) is 48.0 Å². The summed E-state index contributed by atoms with van der Waals surface area (Å²) in [5.74, 6) is 0.637. The van der Waals surface area contributed by atoms with Gasteiger partial charge in [0, 0.05) is 58.6 Å². The van der Waals surface area contributed by atoms with Crippen LogP contribution >= 0.6 is 48.0 Å². The summed E-state index contributed by atoms with van der Waals surface area (Å²) in [7, 11) is 0. The fourth-order valence-corrected chi connectivity index (χ4v) is 5.31. The summed E-state index contributed by atoms with van der Waals surface area (Å²) in [5, 5.41) is 22.5. The zero-order valence-electron chi connectivity index (χ0n) is 28.6. The van der Waals surface area contributed by atoms with Crippen molar-refractivity contribution in [2.45, 2.75) is 143 Å². The second-order valence-corrected chi connectivity index (χ2v) is 15.9. The van der Waals surface area contributed by atoms with E-state index in [0.717, 1.165) is 47.9 Å². The van der Waals surface area contributed by atoms with Crippen LogP contribution in [0.5, 0.6) is 11.5 Å². The minimum absolute atomic E-state index is 0. The number of hydrogen-bond acceptors (Lipinski definition) is 4. The first-order chi connectivity index (χ1) is 18.2. The average molecular weight is 921 g/mol. The van der Waals surface area contributed by atoms with Gasteiger partial charge in [-0.3, -0.25) is 9.98 Å². The molecule has 2 aromatic rings. The van der Waals surface area contributed by atoms with Gasteiger partial charge in [0.25, 0.3) is 0 Å². The zero-order valence-corrected chi connectivity index (χ0v) is 36.1. The largest absolute Gasteiger partial charge is 0.507 e. The molecule has 240 valence electrons. The maximum Gasteiger partial charge on any atom is 0.128 e. The van der Waals surface area contributed by atoms with E-state index in [9.17, 15) is 10.2 Å². The number of nitrogens with zero attached hydrogens (tertiary/aromatic N) is 2. The van der Waals surface area contributed by atoms with Gasteiger partial charge in [-0.05, 0) is 57.8 Å². The number of phenols is 2. The first kappa shape index (κ1) is 42.6. The third-order valence-corrected chi connectivity index (χ3v) is 8.13. The Morgan fingerprint density at radius 1 is 0.558 bits per heavy atom. The molecular formula is C36H56I2N2O2Sn. The van der Waals surface area contributed by atoms with Crippen LogP contribution in [0.4, 0.5) is 0 Å². The topological polar surface area (TPSA) is 65.2 Å².